The Morgan fingerprint density at radius 1 is 1.09 bits per heavy atom. The van der Waals surface area contributed by atoms with Crippen molar-refractivity contribution in [3.8, 4) is 0 Å². The van der Waals surface area contributed by atoms with Gasteiger partial charge in [-0.2, -0.15) is 4.31 Å². The number of aromatic nitrogens is 2. The second kappa shape index (κ2) is 9.07. The smallest absolute Gasteiger partial charge is 0.270 e. The molecule has 2 saturated heterocycles. The fourth-order valence-electron chi connectivity index (χ4n) is 4.30. The van der Waals surface area contributed by atoms with E-state index < -0.39 is 10.0 Å². The Hall–Kier alpha value is -2.66. The Morgan fingerprint density at radius 3 is 2.41 bits per heavy atom. The van der Waals surface area contributed by atoms with Crippen LogP contribution >= 0.6 is 0 Å². The minimum Gasteiger partial charge on any atom is -0.360 e. The summed E-state index contributed by atoms with van der Waals surface area (Å²) in [6.07, 6.45) is 5.32. The Labute approximate surface area is 187 Å². The number of piperidine rings is 2. The third-order valence-electron chi connectivity index (χ3n) is 6.18. The SMILES string of the molecule is Cc1cc(NC(=O)C2CCN(C(=O)c3cc(S(=O)(=O)N4CCCCC4)cn3C)CC2)no1. The van der Waals surface area contributed by atoms with Crippen LogP contribution in [0, 0.1) is 12.8 Å². The summed E-state index contributed by atoms with van der Waals surface area (Å²) >= 11 is 0. The third kappa shape index (κ3) is 4.58. The van der Waals surface area contributed by atoms with Crippen LogP contribution in [0.25, 0.3) is 0 Å². The van der Waals surface area contributed by atoms with Gasteiger partial charge in [0.05, 0.1) is 0 Å². The Morgan fingerprint density at radius 2 is 1.78 bits per heavy atom. The Kier molecular flexibility index (Phi) is 6.38. The maximum absolute atomic E-state index is 13.1. The van der Waals surface area contributed by atoms with Gasteiger partial charge in [0.15, 0.2) is 5.82 Å². The van der Waals surface area contributed by atoms with E-state index in [1.165, 1.54) is 16.6 Å². The normalized spacial score (nSPS) is 18.6. The number of likely N-dealkylation sites (tertiary alicyclic amines) is 1. The van der Waals surface area contributed by atoms with E-state index in [0.29, 0.717) is 56.3 Å². The molecule has 0 atom stereocenters. The molecular formula is C21H29N5O5S. The number of sulfonamides is 1. The summed E-state index contributed by atoms with van der Waals surface area (Å²) in [5.74, 6) is 0.416. The number of carbonyl (C=O) groups excluding carboxylic acids is 2. The van der Waals surface area contributed by atoms with Gasteiger partial charge in [-0.1, -0.05) is 11.6 Å². The van der Waals surface area contributed by atoms with E-state index >= 15 is 0 Å². The van der Waals surface area contributed by atoms with E-state index in [-0.39, 0.29) is 22.6 Å². The number of anilines is 1. The lowest BCUT2D eigenvalue weighted by atomic mass is 9.95. The van der Waals surface area contributed by atoms with Crippen LogP contribution in [0.4, 0.5) is 5.82 Å². The second-order valence-electron chi connectivity index (χ2n) is 8.52. The van der Waals surface area contributed by atoms with Crippen LogP contribution in [0.5, 0.6) is 0 Å². The number of nitrogens with zero attached hydrogens (tertiary/aromatic N) is 4. The van der Waals surface area contributed by atoms with Crippen LogP contribution in [0.3, 0.4) is 0 Å². The van der Waals surface area contributed by atoms with Gasteiger partial charge in [0.1, 0.15) is 16.3 Å². The number of nitrogens with one attached hydrogen (secondary N) is 1. The average Bonchev–Trinajstić information content (AvgIpc) is 3.39. The van der Waals surface area contributed by atoms with Crippen LogP contribution in [-0.2, 0) is 21.9 Å². The standard InChI is InChI=1S/C21H29N5O5S/c1-15-12-19(23-31-15)22-20(27)16-6-10-25(11-7-16)21(28)18-13-17(14-24(18)2)32(29,30)26-8-4-3-5-9-26/h12-14,16H,3-11H2,1-2H3,(H,22,23,27). The fourth-order valence-corrected chi connectivity index (χ4v) is 5.89. The third-order valence-corrected chi connectivity index (χ3v) is 8.05. The quantitative estimate of drug-likeness (QED) is 0.725. The Bertz CT molecular complexity index is 1090. The molecule has 2 aromatic heterocycles. The first-order chi connectivity index (χ1) is 15.3. The van der Waals surface area contributed by atoms with Crippen molar-refractivity contribution >= 4 is 27.7 Å². The minimum absolute atomic E-state index is 0.140. The topological polar surface area (TPSA) is 118 Å². The molecule has 0 spiro atoms. The van der Waals surface area contributed by atoms with Crippen molar-refractivity contribution in [2.75, 3.05) is 31.5 Å². The number of amides is 2. The average molecular weight is 464 g/mol. The molecule has 174 valence electrons. The second-order valence-corrected chi connectivity index (χ2v) is 10.5. The van der Waals surface area contributed by atoms with Crippen LogP contribution in [-0.4, -0.2) is 65.3 Å². The van der Waals surface area contributed by atoms with Gasteiger partial charge in [-0.3, -0.25) is 9.59 Å². The van der Waals surface area contributed by atoms with E-state index in [9.17, 15) is 18.0 Å². The number of carbonyl (C=O) groups is 2. The molecule has 0 radical (unpaired) electrons. The van der Waals surface area contributed by atoms with E-state index in [1.807, 2.05) is 0 Å². The molecule has 0 aromatic carbocycles. The lowest BCUT2D eigenvalue weighted by molar-refractivity contribution is -0.121. The van der Waals surface area contributed by atoms with Crippen molar-refractivity contribution in [2.24, 2.45) is 13.0 Å². The summed E-state index contributed by atoms with van der Waals surface area (Å²) < 4.78 is 33.9. The van der Waals surface area contributed by atoms with Gasteiger partial charge >= 0.3 is 0 Å². The summed E-state index contributed by atoms with van der Waals surface area (Å²) in [7, 11) is -1.92. The molecule has 4 heterocycles. The summed E-state index contributed by atoms with van der Waals surface area (Å²) in [6.45, 7) is 3.63. The number of hydrogen-bond donors (Lipinski definition) is 1. The lowest BCUT2D eigenvalue weighted by Gasteiger charge is -2.31. The van der Waals surface area contributed by atoms with E-state index in [1.54, 1.807) is 29.5 Å². The molecule has 32 heavy (non-hydrogen) atoms. The largest absolute Gasteiger partial charge is 0.360 e. The zero-order valence-corrected chi connectivity index (χ0v) is 19.2. The molecule has 2 aliphatic rings. The summed E-state index contributed by atoms with van der Waals surface area (Å²) in [6, 6.07) is 3.12. The van der Waals surface area contributed by atoms with Crippen LogP contribution in [0.2, 0.25) is 0 Å². The first-order valence-electron chi connectivity index (χ1n) is 11.0. The van der Waals surface area contributed by atoms with Gasteiger partial charge in [-0.05, 0) is 38.7 Å². The van der Waals surface area contributed by atoms with Crippen molar-refractivity contribution in [1.29, 1.82) is 0 Å². The van der Waals surface area contributed by atoms with E-state index in [2.05, 4.69) is 10.5 Å². The molecule has 2 aromatic rings. The molecule has 10 nitrogen and oxygen atoms in total. The monoisotopic (exact) mass is 463 g/mol. The van der Waals surface area contributed by atoms with Crippen molar-refractivity contribution in [1.82, 2.24) is 18.9 Å². The molecule has 4 rings (SSSR count). The minimum atomic E-state index is -3.60. The first kappa shape index (κ1) is 22.5. The highest BCUT2D eigenvalue weighted by Gasteiger charge is 2.32. The molecule has 2 amide bonds. The van der Waals surface area contributed by atoms with Gasteiger partial charge in [0.25, 0.3) is 5.91 Å². The van der Waals surface area contributed by atoms with Crippen LogP contribution in [0.15, 0.2) is 27.7 Å². The van der Waals surface area contributed by atoms with Crippen LogP contribution < -0.4 is 5.32 Å². The highest BCUT2D eigenvalue weighted by molar-refractivity contribution is 7.89. The molecule has 2 aliphatic heterocycles. The first-order valence-corrected chi connectivity index (χ1v) is 12.4. The molecule has 0 bridgehead atoms. The van der Waals surface area contributed by atoms with Crippen molar-refractivity contribution in [3.63, 3.8) is 0 Å². The molecule has 2 fully saturated rings. The molecule has 0 saturated carbocycles. The van der Waals surface area contributed by atoms with Crippen LogP contribution in [0.1, 0.15) is 48.4 Å². The zero-order valence-electron chi connectivity index (χ0n) is 18.4. The highest BCUT2D eigenvalue weighted by atomic mass is 32.2. The zero-order chi connectivity index (χ0) is 22.9. The van der Waals surface area contributed by atoms with Gasteiger partial charge in [-0.15, -0.1) is 0 Å². The predicted molar refractivity (Wildman–Crippen MR) is 117 cm³/mol. The molecular weight excluding hydrogens is 434 g/mol. The molecule has 11 heteroatoms. The molecule has 0 aliphatic carbocycles. The lowest BCUT2D eigenvalue weighted by Crippen LogP contribution is -2.42. The number of rotatable bonds is 5. The van der Waals surface area contributed by atoms with Crippen molar-refractivity contribution < 1.29 is 22.5 Å². The summed E-state index contributed by atoms with van der Waals surface area (Å²) in [5.41, 5.74) is 0.335. The van der Waals surface area contributed by atoms with Gasteiger partial charge < -0.3 is 19.3 Å². The maximum atomic E-state index is 13.1. The van der Waals surface area contributed by atoms with Gasteiger partial charge in [0.2, 0.25) is 15.9 Å². The van der Waals surface area contributed by atoms with E-state index in [4.69, 9.17) is 4.52 Å². The molecule has 1 N–H and O–H groups in total. The number of hydrogen-bond acceptors (Lipinski definition) is 6. The van der Waals surface area contributed by atoms with Gasteiger partial charge in [0, 0.05) is 51.4 Å². The predicted octanol–water partition coefficient (Wildman–Crippen LogP) is 1.99. The van der Waals surface area contributed by atoms with Crippen molar-refractivity contribution in [3.05, 3.63) is 29.8 Å². The molecule has 0 unspecified atom stereocenters. The van der Waals surface area contributed by atoms with Gasteiger partial charge in [-0.25, -0.2) is 8.42 Å². The maximum Gasteiger partial charge on any atom is 0.270 e. The van der Waals surface area contributed by atoms with E-state index in [0.717, 1.165) is 19.3 Å². The Balaban J connectivity index is 1.38. The number of aryl methyl sites for hydroxylation is 2. The summed E-state index contributed by atoms with van der Waals surface area (Å²) in [5, 5.41) is 6.52. The van der Waals surface area contributed by atoms with Crippen molar-refractivity contribution in [2.45, 2.75) is 43.9 Å². The fraction of sp³-hybridized carbons (Fsp3) is 0.571. The highest BCUT2D eigenvalue weighted by Crippen LogP contribution is 2.25. The summed E-state index contributed by atoms with van der Waals surface area (Å²) in [4.78, 5) is 27.4.